The second-order valence-corrected chi connectivity index (χ2v) is 4.57. The summed E-state index contributed by atoms with van der Waals surface area (Å²) in [6.07, 6.45) is 1.67. The van der Waals surface area contributed by atoms with Gasteiger partial charge in [0.15, 0.2) is 4.77 Å². The van der Waals surface area contributed by atoms with Crippen molar-refractivity contribution in [3.05, 3.63) is 47.1 Å². The standard InChI is InChI=1S/C14H14N2O2S/c1-2-17-12-7-3-6-11-13(12)15-14(19)16(11)9-10-5-4-8-18-10/h3-8H,2,9H2,1H3,(H,15,19). The third-order valence-electron chi connectivity index (χ3n) is 2.97. The van der Waals surface area contributed by atoms with E-state index < -0.39 is 0 Å². The monoisotopic (exact) mass is 274 g/mol. The SMILES string of the molecule is CCOc1cccc2c1[nH]c(=S)n2Cc1ccco1. The van der Waals surface area contributed by atoms with E-state index in [0.29, 0.717) is 17.9 Å². The summed E-state index contributed by atoms with van der Waals surface area (Å²) in [7, 11) is 0. The number of H-pyrrole nitrogens is 1. The number of benzene rings is 1. The van der Waals surface area contributed by atoms with Crippen molar-refractivity contribution >= 4 is 23.3 Å². The van der Waals surface area contributed by atoms with E-state index >= 15 is 0 Å². The van der Waals surface area contributed by atoms with Crippen LogP contribution in [0.4, 0.5) is 0 Å². The number of nitrogens with one attached hydrogen (secondary N) is 1. The molecule has 0 atom stereocenters. The molecule has 5 heteroatoms. The number of nitrogens with zero attached hydrogens (tertiary/aromatic N) is 1. The molecule has 0 unspecified atom stereocenters. The van der Waals surface area contributed by atoms with E-state index in [0.717, 1.165) is 22.5 Å². The highest BCUT2D eigenvalue weighted by Crippen LogP contribution is 2.25. The lowest BCUT2D eigenvalue weighted by atomic mass is 10.3. The smallest absolute Gasteiger partial charge is 0.178 e. The topological polar surface area (TPSA) is 43.1 Å². The maximum Gasteiger partial charge on any atom is 0.178 e. The molecule has 0 saturated carbocycles. The number of hydrogen-bond donors (Lipinski definition) is 1. The summed E-state index contributed by atoms with van der Waals surface area (Å²) in [5.41, 5.74) is 1.95. The van der Waals surface area contributed by atoms with Crippen molar-refractivity contribution in [3.63, 3.8) is 0 Å². The van der Waals surface area contributed by atoms with Gasteiger partial charge in [-0.25, -0.2) is 0 Å². The molecule has 0 spiro atoms. The summed E-state index contributed by atoms with van der Waals surface area (Å²) >= 11 is 5.38. The van der Waals surface area contributed by atoms with Crippen LogP contribution >= 0.6 is 12.2 Å². The van der Waals surface area contributed by atoms with Gasteiger partial charge in [0.05, 0.1) is 24.9 Å². The molecule has 98 valence electrons. The predicted molar refractivity (Wildman–Crippen MR) is 76.1 cm³/mol. The Hall–Kier alpha value is -2.01. The minimum atomic E-state index is 0.613. The van der Waals surface area contributed by atoms with Gasteiger partial charge in [-0.1, -0.05) is 6.07 Å². The van der Waals surface area contributed by atoms with Gasteiger partial charge < -0.3 is 18.7 Å². The van der Waals surface area contributed by atoms with Crippen LogP contribution in [0.5, 0.6) is 5.75 Å². The summed E-state index contributed by atoms with van der Waals surface area (Å²) in [5.74, 6) is 1.70. The maximum atomic E-state index is 5.61. The van der Waals surface area contributed by atoms with Crippen molar-refractivity contribution < 1.29 is 9.15 Å². The zero-order valence-electron chi connectivity index (χ0n) is 10.6. The van der Waals surface area contributed by atoms with E-state index in [1.54, 1.807) is 6.26 Å². The van der Waals surface area contributed by atoms with Gasteiger partial charge in [0.25, 0.3) is 0 Å². The van der Waals surface area contributed by atoms with Crippen LogP contribution in [0.15, 0.2) is 41.0 Å². The van der Waals surface area contributed by atoms with Gasteiger partial charge in [0.2, 0.25) is 0 Å². The van der Waals surface area contributed by atoms with Gasteiger partial charge >= 0.3 is 0 Å². The van der Waals surface area contributed by atoms with Crippen molar-refractivity contribution in [2.75, 3.05) is 6.61 Å². The molecule has 0 amide bonds. The van der Waals surface area contributed by atoms with Gasteiger partial charge in [-0.2, -0.15) is 0 Å². The lowest BCUT2D eigenvalue weighted by Gasteiger charge is -2.05. The van der Waals surface area contributed by atoms with Crippen LogP contribution < -0.4 is 4.74 Å². The highest BCUT2D eigenvalue weighted by atomic mass is 32.1. The minimum absolute atomic E-state index is 0.613. The fraction of sp³-hybridized carbons (Fsp3) is 0.214. The molecule has 3 rings (SSSR count). The number of furan rings is 1. The number of hydrogen-bond acceptors (Lipinski definition) is 3. The highest BCUT2D eigenvalue weighted by molar-refractivity contribution is 7.71. The fourth-order valence-electron chi connectivity index (χ4n) is 2.15. The molecule has 0 aliphatic rings. The van der Waals surface area contributed by atoms with Crippen molar-refractivity contribution in [2.45, 2.75) is 13.5 Å². The molecule has 0 bridgehead atoms. The molecular weight excluding hydrogens is 260 g/mol. The van der Waals surface area contributed by atoms with Crippen LogP contribution in [0.3, 0.4) is 0 Å². The first-order valence-corrected chi connectivity index (χ1v) is 6.57. The Kier molecular flexibility index (Phi) is 3.13. The average Bonchev–Trinajstić information content (AvgIpc) is 3.01. The first kappa shape index (κ1) is 12.0. The number of aromatic amines is 1. The van der Waals surface area contributed by atoms with Gasteiger partial charge in [0.1, 0.15) is 17.0 Å². The second-order valence-electron chi connectivity index (χ2n) is 4.18. The molecule has 4 nitrogen and oxygen atoms in total. The van der Waals surface area contributed by atoms with Crippen LogP contribution in [0.25, 0.3) is 11.0 Å². The van der Waals surface area contributed by atoms with Gasteiger partial charge in [-0.3, -0.25) is 0 Å². The minimum Gasteiger partial charge on any atom is -0.492 e. The van der Waals surface area contributed by atoms with Crippen molar-refractivity contribution in [3.8, 4) is 5.75 Å². The number of aromatic nitrogens is 2. The number of para-hydroxylation sites is 1. The molecule has 3 aromatic rings. The van der Waals surface area contributed by atoms with E-state index in [9.17, 15) is 0 Å². The molecule has 0 fully saturated rings. The zero-order chi connectivity index (χ0) is 13.2. The quantitative estimate of drug-likeness (QED) is 0.737. The van der Waals surface area contributed by atoms with Crippen LogP contribution in [-0.2, 0) is 6.54 Å². The Balaban J connectivity index is 2.12. The summed E-state index contributed by atoms with van der Waals surface area (Å²) < 4.78 is 13.7. The lowest BCUT2D eigenvalue weighted by molar-refractivity contribution is 0.343. The average molecular weight is 274 g/mol. The summed E-state index contributed by atoms with van der Waals surface area (Å²) in [5, 5.41) is 0. The van der Waals surface area contributed by atoms with Gasteiger partial charge in [0, 0.05) is 0 Å². The first-order valence-electron chi connectivity index (χ1n) is 6.16. The molecule has 1 N–H and O–H groups in total. The fourth-order valence-corrected chi connectivity index (χ4v) is 2.41. The van der Waals surface area contributed by atoms with Crippen LogP contribution in [0, 0.1) is 4.77 Å². The Morgan fingerprint density at radius 2 is 2.21 bits per heavy atom. The number of fused-ring (bicyclic) bond motifs is 1. The molecule has 0 radical (unpaired) electrons. The molecule has 2 heterocycles. The Morgan fingerprint density at radius 3 is 2.95 bits per heavy atom. The van der Waals surface area contributed by atoms with Gasteiger partial charge in [-0.05, 0) is 43.4 Å². The molecule has 19 heavy (non-hydrogen) atoms. The molecule has 0 aliphatic heterocycles. The third kappa shape index (κ3) is 2.17. The van der Waals surface area contributed by atoms with E-state index in [1.807, 2.05) is 41.8 Å². The lowest BCUT2D eigenvalue weighted by Crippen LogP contribution is -1.98. The van der Waals surface area contributed by atoms with E-state index in [4.69, 9.17) is 21.4 Å². The Labute approximate surface area is 115 Å². The molecule has 1 aromatic carbocycles. The molecule has 0 saturated heterocycles. The molecule has 2 aromatic heterocycles. The van der Waals surface area contributed by atoms with Crippen molar-refractivity contribution in [2.24, 2.45) is 0 Å². The molecule has 0 aliphatic carbocycles. The predicted octanol–water partition coefficient (Wildman–Crippen LogP) is 3.74. The van der Waals surface area contributed by atoms with Gasteiger partial charge in [-0.15, -0.1) is 0 Å². The van der Waals surface area contributed by atoms with Crippen LogP contribution in [0.2, 0.25) is 0 Å². The van der Waals surface area contributed by atoms with Crippen LogP contribution in [0.1, 0.15) is 12.7 Å². The normalized spacial score (nSPS) is 11.0. The van der Waals surface area contributed by atoms with Crippen molar-refractivity contribution in [1.29, 1.82) is 0 Å². The summed E-state index contributed by atoms with van der Waals surface area (Å²) in [6, 6.07) is 9.74. The first-order chi connectivity index (χ1) is 9.29. The largest absolute Gasteiger partial charge is 0.492 e. The van der Waals surface area contributed by atoms with Crippen LogP contribution in [-0.4, -0.2) is 16.2 Å². The second kappa shape index (κ2) is 4.93. The summed E-state index contributed by atoms with van der Waals surface area (Å²) in [6.45, 7) is 3.21. The number of rotatable bonds is 4. The number of ether oxygens (including phenoxy) is 1. The number of imidazole rings is 1. The van der Waals surface area contributed by atoms with E-state index in [-0.39, 0.29) is 0 Å². The van der Waals surface area contributed by atoms with E-state index in [1.165, 1.54) is 0 Å². The highest BCUT2D eigenvalue weighted by Gasteiger charge is 2.10. The Bertz CT molecular complexity index is 740. The third-order valence-corrected chi connectivity index (χ3v) is 3.29. The summed E-state index contributed by atoms with van der Waals surface area (Å²) in [4.78, 5) is 3.20. The zero-order valence-corrected chi connectivity index (χ0v) is 11.4. The van der Waals surface area contributed by atoms with E-state index in [2.05, 4.69) is 4.98 Å². The maximum absolute atomic E-state index is 5.61. The van der Waals surface area contributed by atoms with Crippen molar-refractivity contribution in [1.82, 2.24) is 9.55 Å². The molecular formula is C14H14N2O2S. The Morgan fingerprint density at radius 1 is 1.32 bits per heavy atom.